The minimum Gasteiger partial charge on any atom is -0.355 e. The Morgan fingerprint density at radius 3 is 2.82 bits per heavy atom. The lowest BCUT2D eigenvalue weighted by atomic mass is 10.3. The zero-order valence-corrected chi connectivity index (χ0v) is 6.97. The van der Waals surface area contributed by atoms with Crippen LogP contribution in [0.1, 0.15) is 19.8 Å². The maximum atomic E-state index is 10.9. The smallest absolute Gasteiger partial charge is 0.223 e. The molecule has 11 heavy (non-hydrogen) atoms. The van der Waals surface area contributed by atoms with Crippen molar-refractivity contribution in [2.24, 2.45) is 5.73 Å². The summed E-state index contributed by atoms with van der Waals surface area (Å²) >= 11 is 0. The second kappa shape index (κ2) is 7.28. The van der Waals surface area contributed by atoms with Gasteiger partial charge in [0.15, 0.2) is 0 Å². The first kappa shape index (κ1) is 10.2. The number of carbonyl (C=O) groups is 1. The molecule has 0 aromatic carbocycles. The van der Waals surface area contributed by atoms with Crippen LogP contribution in [0, 0.1) is 0 Å². The van der Waals surface area contributed by atoms with Gasteiger partial charge in [0.25, 0.3) is 0 Å². The summed E-state index contributed by atoms with van der Waals surface area (Å²) in [5.41, 5.74) is 5.20. The van der Waals surface area contributed by atoms with Gasteiger partial charge in [-0.15, -0.1) is 0 Å². The Balaban J connectivity index is 3.29. The Bertz CT molecular complexity index is 132. The third kappa shape index (κ3) is 7.06. The van der Waals surface area contributed by atoms with E-state index in [0.717, 1.165) is 6.42 Å². The molecule has 3 nitrogen and oxygen atoms in total. The summed E-state index contributed by atoms with van der Waals surface area (Å²) in [6.45, 7) is 3.11. The van der Waals surface area contributed by atoms with Crippen LogP contribution in [0.2, 0.25) is 0 Å². The highest BCUT2D eigenvalue weighted by Crippen LogP contribution is 1.85. The van der Waals surface area contributed by atoms with Gasteiger partial charge >= 0.3 is 0 Å². The summed E-state index contributed by atoms with van der Waals surface area (Å²) in [5, 5.41) is 2.68. The maximum Gasteiger partial charge on any atom is 0.223 e. The Kier molecular flexibility index (Phi) is 6.73. The van der Waals surface area contributed by atoms with E-state index in [1.165, 1.54) is 0 Å². The third-order valence-corrected chi connectivity index (χ3v) is 1.17. The number of nitrogens with one attached hydrogen (secondary N) is 1. The number of rotatable bonds is 5. The SMILES string of the molecule is CC/C=C\CC(=O)NCCN. The molecule has 64 valence electrons. The van der Waals surface area contributed by atoms with Gasteiger partial charge in [-0.2, -0.15) is 0 Å². The van der Waals surface area contributed by atoms with Gasteiger partial charge < -0.3 is 11.1 Å². The van der Waals surface area contributed by atoms with E-state index in [4.69, 9.17) is 5.73 Å². The van der Waals surface area contributed by atoms with Gasteiger partial charge in [0, 0.05) is 19.5 Å². The summed E-state index contributed by atoms with van der Waals surface area (Å²) in [5.74, 6) is 0.0418. The van der Waals surface area contributed by atoms with Crippen LogP contribution >= 0.6 is 0 Å². The Morgan fingerprint density at radius 2 is 2.27 bits per heavy atom. The lowest BCUT2D eigenvalue weighted by molar-refractivity contribution is -0.120. The molecule has 1 amide bonds. The fraction of sp³-hybridized carbons (Fsp3) is 0.625. The molecule has 0 bridgehead atoms. The highest BCUT2D eigenvalue weighted by molar-refractivity contribution is 5.77. The predicted octanol–water partition coefficient (Wildman–Crippen LogP) is 0.418. The normalized spacial score (nSPS) is 10.4. The highest BCUT2D eigenvalue weighted by atomic mass is 16.1. The fourth-order valence-electron chi connectivity index (χ4n) is 0.641. The molecule has 0 rings (SSSR count). The first-order chi connectivity index (χ1) is 5.31. The van der Waals surface area contributed by atoms with E-state index in [0.29, 0.717) is 19.5 Å². The summed E-state index contributed by atoms with van der Waals surface area (Å²) in [4.78, 5) is 10.9. The lowest BCUT2D eigenvalue weighted by Crippen LogP contribution is -2.28. The van der Waals surface area contributed by atoms with Crippen molar-refractivity contribution >= 4 is 5.91 Å². The quantitative estimate of drug-likeness (QED) is 0.567. The van der Waals surface area contributed by atoms with Crippen LogP contribution in [-0.4, -0.2) is 19.0 Å². The van der Waals surface area contributed by atoms with Crippen molar-refractivity contribution in [3.05, 3.63) is 12.2 Å². The van der Waals surface area contributed by atoms with E-state index in [-0.39, 0.29) is 5.91 Å². The van der Waals surface area contributed by atoms with E-state index in [9.17, 15) is 4.79 Å². The molecule has 0 unspecified atom stereocenters. The van der Waals surface area contributed by atoms with E-state index < -0.39 is 0 Å². The van der Waals surface area contributed by atoms with E-state index in [1.54, 1.807) is 0 Å². The van der Waals surface area contributed by atoms with E-state index in [2.05, 4.69) is 5.32 Å². The molecule has 3 N–H and O–H groups in total. The zero-order valence-electron chi connectivity index (χ0n) is 6.97. The van der Waals surface area contributed by atoms with Crippen molar-refractivity contribution in [2.75, 3.05) is 13.1 Å². The first-order valence-corrected chi connectivity index (χ1v) is 3.93. The Hall–Kier alpha value is -0.830. The second-order valence-corrected chi connectivity index (χ2v) is 2.22. The van der Waals surface area contributed by atoms with Gasteiger partial charge in [0.1, 0.15) is 0 Å². The van der Waals surface area contributed by atoms with Crippen LogP contribution in [0.25, 0.3) is 0 Å². The van der Waals surface area contributed by atoms with Crippen LogP contribution in [0.3, 0.4) is 0 Å². The Labute approximate surface area is 67.7 Å². The zero-order chi connectivity index (χ0) is 8.53. The summed E-state index contributed by atoms with van der Waals surface area (Å²) in [6.07, 6.45) is 5.28. The lowest BCUT2D eigenvalue weighted by Gasteiger charge is -1.98. The van der Waals surface area contributed by atoms with Gasteiger partial charge in [0.2, 0.25) is 5.91 Å². The highest BCUT2D eigenvalue weighted by Gasteiger charge is 1.93. The standard InChI is InChI=1S/C8H16N2O/c1-2-3-4-5-8(11)10-7-6-9/h3-4H,2,5-7,9H2,1H3,(H,10,11)/b4-3-. The Morgan fingerprint density at radius 1 is 1.55 bits per heavy atom. The molecular weight excluding hydrogens is 140 g/mol. The molecule has 0 saturated carbocycles. The predicted molar refractivity (Wildman–Crippen MR) is 46.1 cm³/mol. The molecule has 0 aliphatic rings. The van der Waals surface area contributed by atoms with Gasteiger partial charge in [-0.3, -0.25) is 4.79 Å². The van der Waals surface area contributed by atoms with Crippen molar-refractivity contribution in [1.29, 1.82) is 0 Å². The first-order valence-electron chi connectivity index (χ1n) is 3.93. The average molecular weight is 156 g/mol. The molecule has 0 radical (unpaired) electrons. The molecule has 0 fully saturated rings. The van der Waals surface area contributed by atoms with Gasteiger partial charge in [-0.1, -0.05) is 19.1 Å². The maximum absolute atomic E-state index is 10.9. The number of allylic oxidation sites excluding steroid dienone is 1. The largest absolute Gasteiger partial charge is 0.355 e. The second-order valence-electron chi connectivity index (χ2n) is 2.22. The molecule has 3 heteroatoms. The topological polar surface area (TPSA) is 55.1 Å². The number of carbonyl (C=O) groups excluding carboxylic acids is 1. The van der Waals surface area contributed by atoms with E-state index >= 15 is 0 Å². The number of hydrogen-bond donors (Lipinski definition) is 2. The summed E-state index contributed by atoms with van der Waals surface area (Å²) in [6, 6.07) is 0. The molecule has 0 heterocycles. The van der Waals surface area contributed by atoms with Crippen LogP contribution in [0.5, 0.6) is 0 Å². The molecule has 0 aliphatic heterocycles. The van der Waals surface area contributed by atoms with Gasteiger partial charge in [0.05, 0.1) is 0 Å². The van der Waals surface area contributed by atoms with Gasteiger partial charge in [-0.05, 0) is 6.42 Å². The molecule has 0 aliphatic carbocycles. The molecule has 0 aromatic rings. The molecule has 0 saturated heterocycles. The average Bonchev–Trinajstić information content (AvgIpc) is 2.01. The van der Waals surface area contributed by atoms with Crippen molar-refractivity contribution in [3.63, 3.8) is 0 Å². The van der Waals surface area contributed by atoms with Crippen LogP contribution in [0.15, 0.2) is 12.2 Å². The van der Waals surface area contributed by atoms with Crippen molar-refractivity contribution in [1.82, 2.24) is 5.32 Å². The molecular formula is C8H16N2O. The molecule has 0 spiro atoms. The number of hydrogen-bond acceptors (Lipinski definition) is 2. The number of nitrogens with two attached hydrogens (primary N) is 1. The molecule has 0 aromatic heterocycles. The van der Waals surface area contributed by atoms with Crippen LogP contribution in [-0.2, 0) is 4.79 Å². The van der Waals surface area contributed by atoms with Crippen LogP contribution < -0.4 is 11.1 Å². The van der Waals surface area contributed by atoms with Crippen molar-refractivity contribution < 1.29 is 4.79 Å². The summed E-state index contributed by atoms with van der Waals surface area (Å²) < 4.78 is 0. The molecule has 0 atom stereocenters. The van der Waals surface area contributed by atoms with Gasteiger partial charge in [-0.25, -0.2) is 0 Å². The monoisotopic (exact) mass is 156 g/mol. The summed E-state index contributed by atoms with van der Waals surface area (Å²) in [7, 11) is 0. The minimum absolute atomic E-state index is 0.0418. The van der Waals surface area contributed by atoms with Crippen LogP contribution in [0.4, 0.5) is 0 Å². The minimum atomic E-state index is 0.0418. The van der Waals surface area contributed by atoms with Crippen molar-refractivity contribution in [3.8, 4) is 0 Å². The third-order valence-electron chi connectivity index (χ3n) is 1.17. The number of amides is 1. The fourth-order valence-corrected chi connectivity index (χ4v) is 0.641. The van der Waals surface area contributed by atoms with E-state index in [1.807, 2.05) is 19.1 Å². The van der Waals surface area contributed by atoms with Crippen molar-refractivity contribution in [2.45, 2.75) is 19.8 Å².